The SMILES string of the molecule is CCCN(CCN(C)C)Cc1cc(F)cc(/C(N)=N/O)c1. The van der Waals surface area contributed by atoms with Crippen LogP contribution in [0.4, 0.5) is 4.39 Å². The Balaban J connectivity index is 2.85. The fourth-order valence-corrected chi connectivity index (χ4v) is 2.13. The Morgan fingerprint density at radius 3 is 2.52 bits per heavy atom. The maximum atomic E-state index is 13.7. The van der Waals surface area contributed by atoms with E-state index in [0.29, 0.717) is 12.1 Å². The van der Waals surface area contributed by atoms with Crippen molar-refractivity contribution in [2.24, 2.45) is 10.9 Å². The second-order valence-corrected chi connectivity index (χ2v) is 5.41. The third kappa shape index (κ3) is 6.10. The Bertz CT molecular complexity index is 477. The van der Waals surface area contributed by atoms with Gasteiger partial charge in [-0.1, -0.05) is 12.1 Å². The molecule has 0 spiro atoms. The molecular weight excluding hydrogens is 271 g/mol. The zero-order valence-electron chi connectivity index (χ0n) is 13.0. The fourth-order valence-electron chi connectivity index (χ4n) is 2.13. The summed E-state index contributed by atoms with van der Waals surface area (Å²) in [5.41, 5.74) is 6.76. The minimum absolute atomic E-state index is 0.0777. The van der Waals surface area contributed by atoms with Gasteiger partial charge in [0.1, 0.15) is 5.82 Å². The number of amidine groups is 1. The lowest BCUT2D eigenvalue weighted by Gasteiger charge is -2.24. The monoisotopic (exact) mass is 296 g/mol. The third-order valence-corrected chi connectivity index (χ3v) is 3.17. The van der Waals surface area contributed by atoms with Gasteiger partial charge in [0, 0.05) is 25.2 Å². The number of likely N-dealkylation sites (N-methyl/N-ethyl adjacent to an activating group) is 1. The standard InChI is InChI=1S/C15H25FN4O/c1-4-5-20(7-6-19(2)3)11-12-8-13(15(17)18-21)10-14(16)9-12/h8-10,21H,4-7,11H2,1-3H3,(H2,17,18). The van der Waals surface area contributed by atoms with Crippen LogP contribution in [0.2, 0.25) is 0 Å². The Labute approximate surface area is 125 Å². The van der Waals surface area contributed by atoms with Crippen molar-refractivity contribution in [2.75, 3.05) is 33.7 Å². The predicted molar refractivity (Wildman–Crippen MR) is 83.0 cm³/mol. The van der Waals surface area contributed by atoms with Crippen LogP contribution in [0.5, 0.6) is 0 Å². The quantitative estimate of drug-likeness (QED) is 0.332. The summed E-state index contributed by atoms with van der Waals surface area (Å²) >= 11 is 0. The Morgan fingerprint density at radius 1 is 1.24 bits per heavy atom. The van der Waals surface area contributed by atoms with Crippen molar-refractivity contribution in [3.05, 3.63) is 35.1 Å². The lowest BCUT2D eigenvalue weighted by molar-refractivity contribution is 0.234. The molecular formula is C15H25FN4O. The number of benzene rings is 1. The van der Waals surface area contributed by atoms with E-state index >= 15 is 0 Å². The van der Waals surface area contributed by atoms with E-state index in [2.05, 4.69) is 21.9 Å². The molecule has 0 aliphatic rings. The zero-order chi connectivity index (χ0) is 15.8. The number of nitrogens with two attached hydrogens (primary N) is 1. The van der Waals surface area contributed by atoms with Gasteiger partial charge in [0.05, 0.1) is 0 Å². The lowest BCUT2D eigenvalue weighted by atomic mass is 10.1. The van der Waals surface area contributed by atoms with E-state index in [-0.39, 0.29) is 11.7 Å². The largest absolute Gasteiger partial charge is 0.409 e. The van der Waals surface area contributed by atoms with Crippen molar-refractivity contribution in [1.29, 1.82) is 0 Å². The van der Waals surface area contributed by atoms with Gasteiger partial charge in [-0.25, -0.2) is 4.39 Å². The van der Waals surface area contributed by atoms with E-state index in [0.717, 1.165) is 31.6 Å². The van der Waals surface area contributed by atoms with E-state index in [1.165, 1.54) is 12.1 Å². The van der Waals surface area contributed by atoms with Gasteiger partial charge in [-0.3, -0.25) is 4.90 Å². The highest BCUT2D eigenvalue weighted by Crippen LogP contribution is 2.12. The highest BCUT2D eigenvalue weighted by atomic mass is 19.1. The van der Waals surface area contributed by atoms with Crippen LogP contribution in [0.15, 0.2) is 23.4 Å². The topological polar surface area (TPSA) is 65.1 Å². The Kier molecular flexibility index (Phi) is 7.11. The van der Waals surface area contributed by atoms with Gasteiger partial charge in [0.25, 0.3) is 0 Å². The summed E-state index contributed by atoms with van der Waals surface area (Å²) in [6.07, 6.45) is 1.04. The summed E-state index contributed by atoms with van der Waals surface area (Å²) in [5, 5.41) is 11.6. The normalized spacial score (nSPS) is 12.4. The average molecular weight is 296 g/mol. The van der Waals surface area contributed by atoms with Crippen molar-refractivity contribution in [3.8, 4) is 0 Å². The van der Waals surface area contributed by atoms with E-state index in [1.807, 2.05) is 14.1 Å². The molecule has 5 nitrogen and oxygen atoms in total. The van der Waals surface area contributed by atoms with Gasteiger partial charge >= 0.3 is 0 Å². The van der Waals surface area contributed by atoms with Gasteiger partial charge < -0.3 is 15.8 Å². The number of oxime groups is 1. The number of hydrogen-bond acceptors (Lipinski definition) is 4. The molecule has 21 heavy (non-hydrogen) atoms. The summed E-state index contributed by atoms with van der Waals surface area (Å²) in [6, 6.07) is 4.52. The van der Waals surface area contributed by atoms with Crippen LogP contribution in [-0.4, -0.2) is 54.6 Å². The van der Waals surface area contributed by atoms with Crippen LogP contribution in [0.1, 0.15) is 24.5 Å². The average Bonchev–Trinajstić information content (AvgIpc) is 2.43. The molecule has 0 unspecified atom stereocenters. The summed E-state index contributed by atoms with van der Waals surface area (Å²) in [6.45, 7) is 5.57. The molecule has 1 aromatic carbocycles. The smallest absolute Gasteiger partial charge is 0.170 e. The zero-order valence-corrected chi connectivity index (χ0v) is 13.0. The summed E-state index contributed by atoms with van der Waals surface area (Å²) in [7, 11) is 4.06. The van der Waals surface area contributed by atoms with Crippen LogP contribution >= 0.6 is 0 Å². The third-order valence-electron chi connectivity index (χ3n) is 3.17. The summed E-state index contributed by atoms with van der Waals surface area (Å²) in [4.78, 5) is 4.39. The number of halogens is 1. The van der Waals surface area contributed by atoms with Gasteiger partial charge in [0.2, 0.25) is 0 Å². The number of nitrogens with zero attached hydrogens (tertiary/aromatic N) is 3. The summed E-state index contributed by atoms with van der Waals surface area (Å²) < 4.78 is 13.7. The van der Waals surface area contributed by atoms with Gasteiger partial charge in [-0.05, 0) is 50.8 Å². The Hall–Kier alpha value is -1.66. The van der Waals surface area contributed by atoms with Gasteiger partial charge in [0.15, 0.2) is 5.84 Å². The molecule has 3 N–H and O–H groups in total. The molecule has 0 heterocycles. The second kappa shape index (κ2) is 8.59. The molecule has 0 saturated carbocycles. The maximum Gasteiger partial charge on any atom is 0.170 e. The van der Waals surface area contributed by atoms with Gasteiger partial charge in [-0.15, -0.1) is 0 Å². The minimum atomic E-state index is -0.377. The molecule has 0 bridgehead atoms. The van der Waals surface area contributed by atoms with E-state index < -0.39 is 0 Å². The number of hydrogen-bond donors (Lipinski definition) is 2. The molecule has 6 heteroatoms. The van der Waals surface area contributed by atoms with Crippen LogP contribution in [-0.2, 0) is 6.54 Å². The first kappa shape index (κ1) is 17.4. The molecule has 0 atom stereocenters. The van der Waals surface area contributed by atoms with E-state index in [9.17, 15) is 4.39 Å². The van der Waals surface area contributed by atoms with Crippen LogP contribution in [0.3, 0.4) is 0 Å². The van der Waals surface area contributed by atoms with Crippen molar-refractivity contribution in [3.63, 3.8) is 0 Å². The molecule has 0 aliphatic heterocycles. The second-order valence-electron chi connectivity index (χ2n) is 5.41. The molecule has 0 saturated heterocycles. The molecule has 0 radical (unpaired) electrons. The minimum Gasteiger partial charge on any atom is -0.409 e. The molecule has 0 amide bonds. The molecule has 1 aromatic rings. The van der Waals surface area contributed by atoms with E-state index in [4.69, 9.17) is 10.9 Å². The fraction of sp³-hybridized carbons (Fsp3) is 0.533. The first-order valence-corrected chi connectivity index (χ1v) is 7.10. The highest BCUT2D eigenvalue weighted by Gasteiger charge is 2.09. The van der Waals surface area contributed by atoms with E-state index in [1.54, 1.807) is 6.07 Å². The van der Waals surface area contributed by atoms with Crippen LogP contribution in [0.25, 0.3) is 0 Å². The van der Waals surface area contributed by atoms with Crippen molar-refractivity contribution in [2.45, 2.75) is 19.9 Å². The molecule has 0 aliphatic carbocycles. The first-order valence-electron chi connectivity index (χ1n) is 7.10. The van der Waals surface area contributed by atoms with Crippen LogP contribution in [0, 0.1) is 5.82 Å². The lowest BCUT2D eigenvalue weighted by Crippen LogP contribution is -2.32. The molecule has 118 valence electrons. The van der Waals surface area contributed by atoms with Crippen molar-refractivity contribution < 1.29 is 9.60 Å². The first-order chi connectivity index (χ1) is 9.96. The molecule has 0 aromatic heterocycles. The molecule has 1 rings (SSSR count). The summed E-state index contributed by atoms with van der Waals surface area (Å²) in [5.74, 6) is -0.454. The highest BCUT2D eigenvalue weighted by molar-refractivity contribution is 5.97. The maximum absolute atomic E-state index is 13.7. The van der Waals surface area contributed by atoms with Gasteiger partial charge in [-0.2, -0.15) is 0 Å². The van der Waals surface area contributed by atoms with Crippen molar-refractivity contribution >= 4 is 5.84 Å². The Morgan fingerprint density at radius 2 is 1.95 bits per heavy atom. The number of rotatable bonds is 8. The molecule has 0 fully saturated rings. The van der Waals surface area contributed by atoms with Crippen LogP contribution < -0.4 is 5.73 Å². The predicted octanol–water partition coefficient (Wildman–Crippen LogP) is 1.69. The van der Waals surface area contributed by atoms with Crippen molar-refractivity contribution in [1.82, 2.24) is 9.80 Å².